The van der Waals surface area contributed by atoms with E-state index in [0.29, 0.717) is 5.88 Å². The molecule has 0 aliphatic carbocycles. The zero-order valence-electron chi connectivity index (χ0n) is 12.9. The van der Waals surface area contributed by atoms with Crippen LogP contribution in [0, 0.1) is 20.8 Å². The van der Waals surface area contributed by atoms with Crippen LogP contribution in [0.15, 0.2) is 48.8 Å². The summed E-state index contributed by atoms with van der Waals surface area (Å²) in [5, 5.41) is 8.09. The van der Waals surface area contributed by atoms with Crippen LogP contribution in [0.4, 0.5) is 0 Å². The van der Waals surface area contributed by atoms with Crippen molar-refractivity contribution in [2.24, 2.45) is 0 Å². The van der Waals surface area contributed by atoms with Gasteiger partial charge in [0.15, 0.2) is 0 Å². The average molecular weight is 291 g/mol. The zero-order valence-corrected chi connectivity index (χ0v) is 12.9. The highest BCUT2D eigenvalue weighted by Gasteiger charge is 2.07. The summed E-state index contributed by atoms with van der Waals surface area (Å²) in [7, 11) is 0. The summed E-state index contributed by atoms with van der Waals surface area (Å²) in [5.74, 6) is 1.37. The lowest BCUT2D eigenvalue weighted by Gasteiger charge is -2.09. The maximum atomic E-state index is 5.77. The monoisotopic (exact) mass is 291 g/mol. The van der Waals surface area contributed by atoms with Crippen LogP contribution in [0.25, 0.3) is 11.1 Å². The summed E-state index contributed by atoms with van der Waals surface area (Å²) in [6, 6.07) is 11.8. The zero-order chi connectivity index (χ0) is 15.5. The minimum absolute atomic E-state index is 0.602. The first-order valence-electron chi connectivity index (χ1n) is 7.13. The maximum Gasteiger partial charge on any atom is 0.219 e. The molecule has 2 aromatic heterocycles. The molecule has 0 fully saturated rings. The van der Waals surface area contributed by atoms with Gasteiger partial charge in [-0.05, 0) is 55.7 Å². The molecule has 4 heteroatoms. The quantitative estimate of drug-likeness (QED) is 0.723. The van der Waals surface area contributed by atoms with Crippen LogP contribution < -0.4 is 4.74 Å². The fourth-order valence-electron chi connectivity index (χ4n) is 2.41. The average Bonchev–Trinajstić information content (AvgIpc) is 2.49. The Bertz CT molecular complexity index is 777. The first-order chi connectivity index (χ1) is 10.6. The molecule has 0 amide bonds. The molecule has 0 bridgehead atoms. The Hall–Kier alpha value is -2.75. The summed E-state index contributed by atoms with van der Waals surface area (Å²) in [4.78, 5) is 4.20. The lowest BCUT2D eigenvalue weighted by molar-refractivity contribution is 0.462. The molecule has 0 saturated carbocycles. The van der Waals surface area contributed by atoms with Gasteiger partial charge < -0.3 is 4.74 Å². The van der Waals surface area contributed by atoms with Crippen molar-refractivity contribution >= 4 is 0 Å². The molecule has 3 aromatic rings. The SMILES string of the molecule is Cc1ccnc(Oc2ccc(-c3c(C)cnnc3C)cc2)c1. The third kappa shape index (κ3) is 2.96. The van der Waals surface area contributed by atoms with E-state index in [-0.39, 0.29) is 0 Å². The van der Waals surface area contributed by atoms with Gasteiger partial charge in [0.05, 0.1) is 11.9 Å². The van der Waals surface area contributed by atoms with Crippen molar-refractivity contribution in [3.63, 3.8) is 0 Å². The number of rotatable bonds is 3. The number of pyridine rings is 1. The van der Waals surface area contributed by atoms with Gasteiger partial charge in [-0.2, -0.15) is 10.2 Å². The third-order valence-electron chi connectivity index (χ3n) is 3.47. The normalized spacial score (nSPS) is 10.5. The summed E-state index contributed by atoms with van der Waals surface area (Å²) >= 11 is 0. The van der Waals surface area contributed by atoms with E-state index in [1.807, 2.05) is 57.2 Å². The minimum atomic E-state index is 0.602. The Balaban J connectivity index is 1.87. The Morgan fingerprint density at radius 2 is 1.73 bits per heavy atom. The molecule has 0 saturated heterocycles. The van der Waals surface area contributed by atoms with Crippen molar-refractivity contribution in [3.05, 3.63) is 65.6 Å². The van der Waals surface area contributed by atoms with E-state index in [1.165, 1.54) is 0 Å². The number of hydrogen-bond acceptors (Lipinski definition) is 4. The molecule has 0 aliphatic rings. The van der Waals surface area contributed by atoms with E-state index in [9.17, 15) is 0 Å². The molecule has 0 spiro atoms. The van der Waals surface area contributed by atoms with Crippen LogP contribution in [-0.4, -0.2) is 15.2 Å². The largest absolute Gasteiger partial charge is 0.439 e. The van der Waals surface area contributed by atoms with Crippen LogP contribution in [0.1, 0.15) is 16.8 Å². The minimum Gasteiger partial charge on any atom is -0.439 e. The van der Waals surface area contributed by atoms with Gasteiger partial charge in [0.25, 0.3) is 0 Å². The van der Waals surface area contributed by atoms with Gasteiger partial charge in [-0.25, -0.2) is 4.98 Å². The molecule has 22 heavy (non-hydrogen) atoms. The van der Waals surface area contributed by atoms with E-state index >= 15 is 0 Å². The molecule has 2 heterocycles. The van der Waals surface area contributed by atoms with Crippen molar-refractivity contribution in [2.45, 2.75) is 20.8 Å². The molecule has 3 rings (SSSR count). The highest BCUT2D eigenvalue weighted by Crippen LogP contribution is 2.28. The van der Waals surface area contributed by atoms with Gasteiger partial charge in [0, 0.05) is 17.8 Å². The fraction of sp³-hybridized carbons (Fsp3) is 0.167. The van der Waals surface area contributed by atoms with Crippen LogP contribution in [0.2, 0.25) is 0 Å². The molecule has 0 N–H and O–H groups in total. The molecular weight excluding hydrogens is 274 g/mol. The highest BCUT2D eigenvalue weighted by atomic mass is 16.5. The van der Waals surface area contributed by atoms with Crippen LogP contribution in [0.3, 0.4) is 0 Å². The number of aryl methyl sites for hydroxylation is 3. The molecule has 0 aliphatic heterocycles. The fourth-order valence-corrected chi connectivity index (χ4v) is 2.41. The van der Waals surface area contributed by atoms with E-state index in [0.717, 1.165) is 33.7 Å². The number of aromatic nitrogens is 3. The standard InChI is InChI=1S/C18H17N3O/c1-12-8-9-19-17(10-12)22-16-6-4-15(5-7-16)18-13(2)11-20-21-14(18)3/h4-11H,1-3H3. The Morgan fingerprint density at radius 3 is 2.41 bits per heavy atom. The van der Waals surface area contributed by atoms with Gasteiger partial charge in [0.2, 0.25) is 5.88 Å². The smallest absolute Gasteiger partial charge is 0.219 e. The summed E-state index contributed by atoms with van der Waals surface area (Å²) in [6.45, 7) is 6.02. The molecule has 0 radical (unpaired) electrons. The van der Waals surface area contributed by atoms with Crippen LogP contribution >= 0.6 is 0 Å². The van der Waals surface area contributed by atoms with Gasteiger partial charge in [-0.15, -0.1) is 0 Å². The first-order valence-corrected chi connectivity index (χ1v) is 7.13. The topological polar surface area (TPSA) is 47.9 Å². The predicted molar refractivity (Wildman–Crippen MR) is 86.0 cm³/mol. The number of hydrogen-bond donors (Lipinski definition) is 0. The van der Waals surface area contributed by atoms with E-state index in [2.05, 4.69) is 15.2 Å². The molecule has 0 atom stereocenters. The van der Waals surface area contributed by atoms with Gasteiger partial charge in [-0.3, -0.25) is 0 Å². The Kier molecular flexibility index (Phi) is 3.83. The van der Waals surface area contributed by atoms with Crippen molar-refractivity contribution < 1.29 is 4.74 Å². The predicted octanol–water partition coefficient (Wildman–Crippen LogP) is 4.26. The first kappa shape index (κ1) is 14.2. The Labute approximate surface area is 129 Å². The molecule has 0 unspecified atom stereocenters. The van der Waals surface area contributed by atoms with Gasteiger partial charge >= 0.3 is 0 Å². The summed E-state index contributed by atoms with van der Waals surface area (Å²) in [5.41, 5.74) is 5.39. The van der Waals surface area contributed by atoms with Crippen molar-refractivity contribution in [2.75, 3.05) is 0 Å². The molecular formula is C18H17N3O. The molecule has 1 aromatic carbocycles. The number of ether oxygens (including phenoxy) is 1. The number of benzene rings is 1. The summed E-state index contributed by atoms with van der Waals surface area (Å²) < 4.78 is 5.77. The lowest BCUT2D eigenvalue weighted by Crippen LogP contribution is -1.94. The third-order valence-corrected chi connectivity index (χ3v) is 3.47. The van der Waals surface area contributed by atoms with Crippen molar-refractivity contribution in [1.29, 1.82) is 0 Å². The lowest BCUT2D eigenvalue weighted by atomic mass is 10.0. The van der Waals surface area contributed by atoms with Crippen molar-refractivity contribution in [3.8, 4) is 22.8 Å². The second-order valence-corrected chi connectivity index (χ2v) is 5.29. The second-order valence-electron chi connectivity index (χ2n) is 5.29. The van der Waals surface area contributed by atoms with Crippen LogP contribution in [0.5, 0.6) is 11.6 Å². The van der Waals surface area contributed by atoms with Gasteiger partial charge in [-0.1, -0.05) is 12.1 Å². The van der Waals surface area contributed by atoms with Crippen LogP contribution in [-0.2, 0) is 0 Å². The summed E-state index contributed by atoms with van der Waals surface area (Å²) in [6.07, 6.45) is 3.53. The second kappa shape index (κ2) is 5.93. The maximum absolute atomic E-state index is 5.77. The van der Waals surface area contributed by atoms with E-state index in [1.54, 1.807) is 12.4 Å². The van der Waals surface area contributed by atoms with Crippen molar-refractivity contribution in [1.82, 2.24) is 15.2 Å². The number of nitrogens with zero attached hydrogens (tertiary/aromatic N) is 3. The van der Waals surface area contributed by atoms with E-state index in [4.69, 9.17) is 4.74 Å². The molecule has 4 nitrogen and oxygen atoms in total. The van der Waals surface area contributed by atoms with Gasteiger partial charge in [0.1, 0.15) is 5.75 Å². The highest BCUT2D eigenvalue weighted by molar-refractivity contribution is 5.69. The molecule has 110 valence electrons. The van der Waals surface area contributed by atoms with E-state index < -0.39 is 0 Å². The Morgan fingerprint density at radius 1 is 0.955 bits per heavy atom.